The molecule has 140 valence electrons. The smallest absolute Gasteiger partial charge is 0.277 e. The van der Waals surface area contributed by atoms with E-state index >= 15 is 0 Å². The maximum atomic E-state index is 12.9. The number of fused-ring (bicyclic) bond motifs is 1. The van der Waals surface area contributed by atoms with E-state index in [1.807, 2.05) is 60.7 Å². The van der Waals surface area contributed by atoms with Gasteiger partial charge in [-0.05, 0) is 18.1 Å². The minimum absolute atomic E-state index is 0.196. The van der Waals surface area contributed by atoms with E-state index in [9.17, 15) is 9.59 Å². The van der Waals surface area contributed by atoms with Crippen LogP contribution in [-0.2, 0) is 17.6 Å². The van der Waals surface area contributed by atoms with Crippen LogP contribution in [0.1, 0.15) is 22.4 Å². The van der Waals surface area contributed by atoms with Crippen molar-refractivity contribution >= 4 is 17.6 Å². The average molecular weight is 373 g/mol. The van der Waals surface area contributed by atoms with Crippen LogP contribution < -0.4 is 10.9 Å². The van der Waals surface area contributed by atoms with Crippen LogP contribution in [0.2, 0.25) is 0 Å². The Labute approximate surface area is 161 Å². The number of benzene rings is 2. The molecule has 0 bridgehead atoms. The lowest BCUT2D eigenvalue weighted by molar-refractivity contribution is -0.115. The van der Waals surface area contributed by atoms with Crippen LogP contribution in [0.25, 0.3) is 5.78 Å². The van der Waals surface area contributed by atoms with Gasteiger partial charge >= 0.3 is 0 Å². The van der Waals surface area contributed by atoms with Gasteiger partial charge in [0.05, 0.1) is 12.1 Å². The van der Waals surface area contributed by atoms with Gasteiger partial charge in [-0.3, -0.25) is 20.0 Å². The molecule has 0 fully saturated rings. The largest absolute Gasteiger partial charge is 0.295 e. The normalized spacial score (nSPS) is 10.9. The molecule has 0 aliphatic heterocycles. The summed E-state index contributed by atoms with van der Waals surface area (Å²) in [5.74, 6) is 0.204. The third kappa shape index (κ3) is 3.68. The summed E-state index contributed by atoms with van der Waals surface area (Å²) in [7, 11) is 0. The van der Waals surface area contributed by atoms with Crippen molar-refractivity contribution in [1.29, 1.82) is 0 Å². The fraction of sp³-hybridized carbons (Fsp3) is 0.143. The van der Waals surface area contributed by atoms with Gasteiger partial charge in [0.15, 0.2) is 0 Å². The van der Waals surface area contributed by atoms with Crippen LogP contribution >= 0.6 is 0 Å². The van der Waals surface area contributed by atoms with Crippen molar-refractivity contribution in [2.24, 2.45) is 0 Å². The number of hydrogen-bond donors (Lipinski definition) is 2. The Bertz CT molecular complexity index is 1180. The van der Waals surface area contributed by atoms with E-state index in [0.717, 1.165) is 11.1 Å². The quantitative estimate of drug-likeness (QED) is 0.562. The molecular weight excluding hydrogens is 354 g/mol. The number of hydrogen-bond acceptors (Lipinski definition) is 4. The van der Waals surface area contributed by atoms with Crippen LogP contribution in [0.15, 0.2) is 65.5 Å². The number of amides is 1. The number of anilines is 1. The topological polar surface area (TPSA) is 92.2 Å². The summed E-state index contributed by atoms with van der Waals surface area (Å²) in [5.41, 5.74) is 2.92. The van der Waals surface area contributed by atoms with Gasteiger partial charge in [0.25, 0.3) is 11.3 Å². The summed E-state index contributed by atoms with van der Waals surface area (Å²) < 4.78 is 1.27. The van der Waals surface area contributed by atoms with Crippen LogP contribution in [0.4, 0.5) is 5.95 Å². The van der Waals surface area contributed by atoms with Crippen molar-refractivity contribution in [3.8, 4) is 0 Å². The Morgan fingerprint density at radius 3 is 2.32 bits per heavy atom. The summed E-state index contributed by atoms with van der Waals surface area (Å²) >= 11 is 0. The number of nitrogens with zero attached hydrogens (tertiary/aromatic N) is 3. The number of nitrogens with one attached hydrogen (secondary N) is 2. The number of carbonyl (C=O) groups excluding carboxylic acids is 1. The summed E-state index contributed by atoms with van der Waals surface area (Å²) in [5, 5.41) is 5.52. The molecule has 7 heteroatoms. The second-order valence-corrected chi connectivity index (χ2v) is 6.56. The number of carbonyl (C=O) groups is 1. The van der Waals surface area contributed by atoms with Gasteiger partial charge < -0.3 is 0 Å². The lowest BCUT2D eigenvalue weighted by Gasteiger charge is -2.04. The summed E-state index contributed by atoms with van der Waals surface area (Å²) in [6, 6.07) is 19.2. The third-order valence-electron chi connectivity index (χ3n) is 4.48. The Hall–Kier alpha value is -3.74. The molecule has 0 unspecified atom stereocenters. The highest BCUT2D eigenvalue weighted by Gasteiger charge is 2.15. The van der Waals surface area contributed by atoms with Crippen molar-refractivity contribution in [2.75, 3.05) is 5.32 Å². The zero-order chi connectivity index (χ0) is 19.5. The van der Waals surface area contributed by atoms with Gasteiger partial charge in [-0.15, -0.1) is 0 Å². The molecule has 2 aromatic heterocycles. The highest BCUT2D eigenvalue weighted by Crippen LogP contribution is 2.11. The molecule has 0 spiro atoms. The molecule has 0 atom stereocenters. The SMILES string of the molecule is Cc1nc2nc(NC(=O)Cc3ccccc3)[nH]n2c(=O)c1Cc1ccccc1. The minimum Gasteiger partial charge on any atom is -0.295 e. The molecule has 0 aliphatic rings. The van der Waals surface area contributed by atoms with Crippen LogP contribution in [0.5, 0.6) is 0 Å². The van der Waals surface area contributed by atoms with E-state index in [4.69, 9.17) is 0 Å². The first kappa shape index (κ1) is 17.7. The van der Waals surface area contributed by atoms with Gasteiger partial charge in [0.2, 0.25) is 11.9 Å². The standard InChI is InChI=1S/C21H19N5O2/c1-14-17(12-15-8-4-2-5-9-15)19(28)26-21(22-14)24-20(25-26)23-18(27)13-16-10-6-3-7-11-16/h2-11H,12-13H2,1H3,(H2,22,23,24,25,27). The first-order valence-electron chi connectivity index (χ1n) is 8.96. The Balaban J connectivity index is 1.59. The number of aromatic amines is 1. The summed E-state index contributed by atoms with van der Waals surface area (Å²) in [6.07, 6.45) is 0.703. The van der Waals surface area contributed by atoms with Gasteiger partial charge in [-0.2, -0.15) is 9.50 Å². The van der Waals surface area contributed by atoms with E-state index in [2.05, 4.69) is 20.4 Å². The van der Waals surface area contributed by atoms with Gasteiger partial charge in [-0.25, -0.2) is 4.98 Å². The maximum Gasteiger partial charge on any atom is 0.277 e. The fourth-order valence-electron chi connectivity index (χ4n) is 3.07. The van der Waals surface area contributed by atoms with E-state index < -0.39 is 0 Å². The van der Waals surface area contributed by atoms with Crippen molar-refractivity contribution in [3.05, 3.63) is 93.4 Å². The Kier molecular flexibility index (Phi) is 4.72. The molecule has 0 saturated carbocycles. The predicted molar refractivity (Wildman–Crippen MR) is 106 cm³/mol. The molecule has 2 aromatic carbocycles. The van der Waals surface area contributed by atoms with Crippen LogP contribution in [0, 0.1) is 6.92 Å². The lowest BCUT2D eigenvalue weighted by Crippen LogP contribution is -2.22. The van der Waals surface area contributed by atoms with Crippen molar-refractivity contribution in [3.63, 3.8) is 0 Å². The second kappa shape index (κ2) is 7.48. The van der Waals surface area contributed by atoms with Crippen LogP contribution in [-0.4, -0.2) is 25.5 Å². The molecule has 0 saturated heterocycles. The predicted octanol–water partition coefficient (Wildman–Crippen LogP) is 2.50. The summed E-state index contributed by atoms with van der Waals surface area (Å²) in [6.45, 7) is 1.79. The van der Waals surface area contributed by atoms with Crippen molar-refractivity contribution < 1.29 is 4.79 Å². The fourth-order valence-corrected chi connectivity index (χ4v) is 3.07. The molecular formula is C21H19N5O2. The third-order valence-corrected chi connectivity index (χ3v) is 4.48. The average Bonchev–Trinajstić information content (AvgIpc) is 3.09. The number of aromatic nitrogens is 4. The zero-order valence-electron chi connectivity index (χ0n) is 15.3. The maximum absolute atomic E-state index is 12.9. The zero-order valence-corrected chi connectivity index (χ0v) is 15.3. The minimum atomic E-state index is -0.223. The molecule has 1 amide bonds. The molecule has 2 heterocycles. The highest BCUT2D eigenvalue weighted by atomic mass is 16.2. The van der Waals surface area contributed by atoms with E-state index in [-0.39, 0.29) is 29.6 Å². The molecule has 4 rings (SSSR count). The monoisotopic (exact) mass is 373 g/mol. The van der Waals surface area contributed by atoms with E-state index in [1.54, 1.807) is 6.92 Å². The number of rotatable bonds is 5. The lowest BCUT2D eigenvalue weighted by atomic mass is 10.1. The van der Waals surface area contributed by atoms with Gasteiger partial charge in [-0.1, -0.05) is 60.7 Å². The van der Waals surface area contributed by atoms with Gasteiger partial charge in [0, 0.05) is 12.0 Å². The van der Waals surface area contributed by atoms with Crippen molar-refractivity contribution in [1.82, 2.24) is 19.6 Å². The Morgan fingerprint density at radius 2 is 1.64 bits per heavy atom. The first-order valence-corrected chi connectivity index (χ1v) is 8.96. The summed E-state index contributed by atoms with van der Waals surface area (Å²) in [4.78, 5) is 33.8. The van der Waals surface area contributed by atoms with E-state index in [0.29, 0.717) is 17.7 Å². The number of aryl methyl sites for hydroxylation is 1. The van der Waals surface area contributed by atoms with Gasteiger partial charge in [0.1, 0.15) is 0 Å². The Morgan fingerprint density at radius 1 is 1.00 bits per heavy atom. The first-order chi connectivity index (χ1) is 13.6. The molecule has 2 N–H and O–H groups in total. The second-order valence-electron chi connectivity index (χ2n) is 6.56. The highest BCUT2D eigenvalue weighted by molar-refractivity contribution is 5.90. The van der Waals surface area contributed by atoms with Crippen molar-refractivity contribution in [2.45, 2.75) is 19.8 Å². The molecule has 28 heavy (non-hydrogen) atoms. The molecule has 0 radical (unpaired) electrons. The van der Waals surface area contributed by atoms with Crippen LogP contribution in [0.3, 0.4) is 0 Å². The molecule has 0 aliphatic carbocycles. The van der Waals surface area contributed by atoms with E-state index in [1.165, 1.54) is 4.52 Å². The molecule has 4 aromatic rings. The molecule has 7 nitrogen and oxygen atoms in total. The number of H-pyrrole nitrogens is 1.